The maximum atomic E-state index is 4.67. The molecule has 0 amide bonds. The van der Waals surface area contributed by atoms with Crippen LogP contribution in [0.25, 0.3) is 0 Å². The number of nitrogens with zero attached hydrogens (tertiary/aromatic N) is 2. The Morgan fingerprint density at radius 2 is 2.21 bits per heavy atom. The van der Waals surface area contributed by atoms with Crippen LogP contribution >= 0.6 is 15.9 Å². The average Bonchev–Trinajstić information content (AvgIpc) is 3.20. The van der Waals surface area contributed by atoms with Crippen molar-refractivity contribution in [3.8, 4) is 0 Å². The molecule has 0 aromatic carbocycles. The zero-order valence-electron chi connectivity index (χ0n) is 12.0. The van der Waals surface area contributed by atoms with Crippen molar-refractivity contribution in [3.63, 3.8) is 0 Å². The Bertz CT molecular complexity index is 404. The summed E-state index contributed by atoms with van der Waals surface area (Å²) in [6, 6.07) is 2.19. The Labute approximate surface area is 124 Å². The Kier molecular flexibility index (Phi) is 5.64. The van der Waals surface area contributed by atoms with E-state index in [9.17, 15) is 0 Å². The van der Waals surface area contributed by atoms with E-state index in [1.165, 1.54) is 31.4 Å². The molecular formula is C15H24BrN3. The molecule has 0 aliphatic heterocycles. The summed E-state index contributed by atoms with van der Waals surface area (Å²) in [6.45, 7) is 8.53. The van der Waals surface area contributed by atoms with E-state index in [1.54, 1.807) is 0 Å². The SMILES string of the molecule is CCCN(CC1CC1)c1ncc(Br)cc1CNCC. The molecule has 106 valence electrons. The zero-order valence-corrected chi connectivity index (χ0v) is 13.5. The molecule has 1 aromatic heterocycles. The lowest BCUT2D eigenvalue weighted by molar-refractivity contribution is 0.679. The maximum Gasteiger partial charge on any atom is 0.133 e. The van der Waals surface area contributed by atoms with Gasteiger partial charge < -0.3 is 10.2 Å². The van der Waals surface area contributed by atoms with Crippen LogP contribution in [-0.2, 0) is 6.54 Å². The molecule has 1 aliphatic rings. The van der Waals surface area contributed by atoms with E-state index in [0.29, 0.717) is 0 Å². The number of halogens is 1. The Balaban J connectivity index is 2.17. The van der Waals surface area contributed by atoms with Gasteiger partial charge in [-0.1, -0.05) is 13.8 Å². The fraction of sp³-hybridized carbons (Fsp3) is 0.667. The fourth-order valence-electron chi connectivity index (χ4n) is 2.31. The van der Waals surface area contributed by atoms with Gasteiger partial charge in [-0.15, -0.1) is 0 Å². The first-order valence-corrected chi connectivity index (χ1v) is 8.14. The molecule has 0 spiro atoms. The molecule has 1 fully saturated rings. The second-order valence-electron chi connectivity index (χ2n) is 5.31. The van der Waals surface area contributed by atoms with Crippen LogP contribution in [0.3, 0.4) is 0 Å². The van der Waals surface area contributed by atoms with Gasteiger partial charge in [-0.2, -0.15) is 0 Å². The molecular weight excluding hydrogens is 302 g/mol. The van der Waals surface area contributed by atoms with Crippen molar-refractivity contribution in [3.05, 3.63) is 22.3 Å². The van der Waals surface area contributed by atoms with Gasteiger partial charge in [0, 0.05) is 35.9 Å². The Hall–Kier alpha value is -0.610. The summed E-state index contributed by atoms with van der Waals surface area (Å²) in [6.07, 6.45) is 5.87. The van der Waals surface area contributed by atoms with E-state index >= 15 is 0 Å². The summed E-state index contributed by atoms with van der Waals surface area (Å²) in [5.41, 5.74) is 1.30. The second-order valence-corrected chi connectivity index (χ2v) is 6.22. The number of hydrogen-bond acceptors (Lipinski definition) is 3. The summed E-state index contributed by atoms with van der Waals surface area (Å²) in [4.78, 5) is 7.14. The van der Waals surface area contributed by atoms with Gasteiger partial charge in [-0.25, -0.2) is 4.98 Å². The summed E-state index contributed by atoms with van der Waals surface area (Å²) < 4.78 is 1.06. The quantitative estimate of drug-likeness (QED) is 0.791. The van der Waals surface area contributed by atoms with Crippen LogP contribution in [-0.4, -0.2) is 24.6 Å². The molecule has 0 saturated heterocycles. The van der Waals surface area contributed by atoms with Crippen LogP contribution < -0.4 is 10.2 Å². The van der Waals surface area contributed by atoms with E-state index in [-0.39, 0.29) is 0 Å². The lowest BCUT2D eigenvalue weighted by Gasteiger charge is -2.25. The van der Waals surface area contributed by atoms with Gasteiger partial charge in [-0.3, -0.25) is 0 Å². The Morgan fingerprint density at radius 1 is 1.42 bits per heavy atom. The maximum absolute atomic E-state index is 4.67. The normalized spacial score (nSPS) is 14.7. The molecule has 1 heterocycles. The minimum Gasteiger partial charge on any atom is -0.356 e. The summed E-state index contributed by atoms with van der Waals surface area (Å²) in [7, 11) is 0. The highest BCUT2D eigenvalue weighted by atomic mass is 79.9. The van der Waals surface area contributed by atoms with Crippen molar-refractivity contribution in [1.82, 2.24) is 10.3 Å². The van der Waals surface area contributed by atoms with Gasteiger partial charge in [0.25, 0.3) is 0 Å². The molecule has 2 rings (SSSR count). The molecule has 0 unspecified atom stereocenters. The highest BCUT2D eigenvalue weighted by molar-refractivity contribution is 9.10. The minimum atomic E-state index is 0.892. The second kappa shape index (κ2) is 7.25. The van der Waals surface area contributed by atoms with Crippen LogP contribution in [0.4, 0.5) is 5.82 Å². The highest BCUT2D eigenvalue weighted by Gasteiger charge is 2.25. The highest BCUT2D eigenvalue weighted by Crippen LogP contribution is 2.32. The first kappa shape index (κ1) is 14.8. The molecule has 0 atom stereocenters. The summed E-state index contributed by atoms with van der Waals surface area (Å²) in [5, 5.41) is 3.41. The van der Waals surface area contributed by atoms with Gasteiger partial charge in [-0.05, 0) is 53.7 Å². The monoisotopic (exact) mass is 325 g/mol. The zero-order chi connectivity index (χ0) is 13.7. The molecule has 1 aliphatic carbocycles. The largest absolute Gasteiger partial charge is 0.356 e. The number of nitrogens with one attached hydrogen (secondary N) is 1. The third kappa shape index (κ3) is 4.46. The third-order valence-corrected chi connectivity index (χ3v) is 3.88. The van der Waals surface area contributed by atoms with Crippen LogP contribution in [0.15, 0.2) is 16.7 Å². The van der Waals surface area contributed by atoms with Crippen molar-refractivity contribution in [2.24, 2.45) is 5.92 Å². The summed E-state index contributed by atoms with van der Waals surface area (Å²) in [5.74, 6) is 2.06. The lowest BCUT2D eigenvalue weighted by Crippen LogP contribution is -2.29. The van der Waals surface area contributed by atoms with Gasteiger partial charge >= 0.3 is 0 Å². The van der Waals surface area contributed by atoms with Gasteiger partial charge in [0.2, 0.25) is 0 Å². The van der Waals surface area contributed by atoms with Gasteiger partial charge in [0.05, 0.1) is 0 Å². The molecule has 4 heteroatoms. The lowest BCUT2D eigenvalue weighted by atomic mass is 10.2. The van der Waals surface area contributed by atoms with E-state index in [1.807, 2.05) is 6.20 Å². The van der Waals surface area contributed by atoms with Crippen molar-refractivity contribution < 1.29 is 0 Å². The number of aromatic nitrogens is 1. The van der Waals surface area contributed by atoms with Crippen molar-refractivity contribution in [2.75, 3.05) is 24.5 Å². The van der Waals surface area contributed by atoms with E-state index < -0.39 is 0 Å². The van der Waals surface area contributed by atoms with Gasteiger partial charge in [0.1, 0.15) is 5.82 Å². The first-order chi connectivity index (χ1) is 9.24. The molecule has 1 N–H and O–H groups in total. The number of anilines is 1. The molecule has 3 nitrogen and oxygen atoms in total. The number of pyridine rings is 1. The molecule has 1 aromatic rings. The number of hydrogen-bond donors (Lipinski definition) is 1. The minimum absolute atomic E-state index is 0.892. The van der Waals surface area contributed by atoms with Gasteiger partial charge in [0.15, 0.2) is 0 Å². The standard InChI is InChI=1S/C15H24BrN3/c1-3-7-19(11-12-5-6-12)15-13(9-17-4-2)8-14(16)10-18-15/h8,10,12,17H,3-7,9,11H2,1-2H3. The van der Waals surface area contributed by atoms with E-state index in [4.69, 9.17) is 0 Å². The smallest absolute Gasteiger partial charge is 0.133 e. The Morgan fingerprint density at radius 3 is 2.84 bits per heavy atom. The molecule has 1 saturated carbocycles. The predicted molar refractivity (Wildman–Crippen MR) is 84.5 cm³/mol. The summed E-state index contributed by atoms with van der Waals surface area (Å²) >= 11 is 3.53. The topological polar surface area (TPSA) is 28.2 Å². The average molecular weight is 326 g/mol. The van der Waals surface area contributed by atoms with Crippen molar-refractivity contribution in [1.29, 1.82) is 0 Å². The molecule has 0 radical (unpaired) electrons. The van der Waals surface area contributed by atoms with E-state index in [0.717, 1.165) is 35.8 Å². The van der Waals surface area contributed by atoms with E-state index in [2.05, 4.69) is 51.0 Å². The van der Waals surface area contributed by atoms with Crippen molar-refractivity contribution in [2.45, 2.75) is 39.7 Å². The van der Waals surface area contributed by atoms with Crippen LogP contribution in [0.5, 0.6) is 0 Å². The third-order valence-electron chi connectivity index (χ3n) is 3.44. The van der Waals surface area contributed by atoms with Crippen molar-refractivity contribution >= 4 is 21.7 Å². The van der Waals surface area contributed by atoms with Crippen LogP contribution in [0.2, 0.25) is 0 Å². The van der Waals surface area contributed by atoms with Crippen LogP contribution in [0.1, 0.15) is 38.7 Å². The predicted octanol–water partition coefficient (Wildman–Crippen LogP) is 3.58. The number of rotatable bonds is 8. The van der Waals surface area contributed by atoms with Crippen LogP contribution in [0, 0.1) is 5.92 Å². The first-order valence-electron chi connectivity index (χ1n) is 7.34. The fourth-order valence-corrected chi connectivity index (χ4v) is 2.69. The molecule has 0 bridgehead atoms. The molecule has 19 heavy (non-hydrogen) atoms.